The zero-order valence-corrected chi connectivity index (χ0v) is 17.7. The van der Waals surface area contributed by atoms with Crippen LogP contribution in [0.4, 0.5) is 16.2 Å². The number of para-hydroxylation sites is 1. The minimum absolute atomic E-state index is 0.0398. The van der Waals surface area contributed by atoms with E-state index < -0.39 is 17.7 Å². The minimum atomic E-state index is -2.25. The van der Waals surface area contributed by atoms with Crippen LogP contribution in [0.3, 0.4) is 0 Å². The van der Waals surface area contributed by atoms with Gasteiger partial charge in [-0.2, -0.15) is 0 Å². The summed E-state index contributed by atoms with van der Waals surface area (Å²) in [5.74, 6) is 0.172. The first kappa shape index (κ1) is 21.0. The maximum absolute atomic E-state index is 13.6. The Kier molecular flexibility index (Phi) is 5.73. The molecule has 1 heterocycles. The fraction of sp³-hybridized carbons (Fsp3) is 0.391. The van der Waals surface area contributed by atoms with Crippen LogP contribution >= 0.6 is 0 Å². The molecule has 0 saturated heterocycles. The lowest BCUT2D eigenvalue weighted by atomic mass is 9.92. The van der Waals surface area contributed by atoms with Crippen LogP contribution in [0.25, 0.3) is 0 Å². The second-order valence-electron chi connectivity index (χ2n) is 7.83. The van der Waals surface area contributed by atoms with Gasteiger partial charge in [-0.3, -0.25) is 4.79 Å². The zero-order valence-electron chi connectivity index (χ0n) is 17.7. The highest BCUT2D eigenvalue weighted by Crippen LogP contribution is 2.44. The number of benzene rings is 2. The minimum Gasteiger partial charge on any atom is -0.497 e. The van der Waals surface area contributed by atoms with Crippen molar-refractivity contribution in [1.29, 1.82) is 0 Å². The van der Waals surface area contributed by atoms with E-state index in [1.165, 1.54) is 14.2 Å². The third-order valence-corrected chi connectivity index (χ3v) is 5.96. The summed E-state index contributed by atoms with van der Waals surface area (Å²) in [6.07, 6.45) is 4.88. The molecule has 0 spiro atoms. The molecule has 4 rings (SSSR count). The second-order valence-corrected chi connectivity index (χ2v) is 7.83. The lowest BCUT2D eigenvalue weighted by Gasteiger charge is -2.43. The Balaban J connectivity index is 1.82. The predicted molar refractivity (Wildman–Crippen MR) is 116 cm³/mol. The van der Waals surface area contributed by atoms with Crippen molar-refractivity contribution in [2.75, 3.05) is 24.4 Å². The van der Waals surface area contributed by atoms with E-state index in [0.717, 1.165) is 37.0 Å². The standard InChI is InChI=1S/C23H27N3O5/c1-30-16-12-13-19(20(14-16)31-2)26-22(28)25-18-11-7-6-10-17(18)23(26,29)21(27)24-15-8-4-3-5-9-15/h6-7,10-15,29H,3-5,8-9H2,1-2H3,(H,24,27)(H,25,28). The van der Waals surface area contributed by atoms with E-state index in [0.29, 0.717) is 17.0 Å². The first-order valence-electron chi connectivity index (χ1n) is 10.4. The Hall–Kier alpha value is -3.26. The van der Waals surface area contributed by atoms with Crippen molar-refractivity contribution in [1.82, 2.24) is 5.32 Å². The molecule has 1 aliphatic heterocycles. The van der Waals surface area contributed by atoms with Crippen LogP contribution in [0.5, 0.6) is 11.5 Å². The molecular weight excluding hydrogens is 398 g/mol. The van der Waals surface area contributed by atoms with E-state index in [2.05, 4.69) is 10.6 Å². The van der Waals surface area contributed by atoms with Crippen molar-refractivity contribution >= 4 is 23.3 Å². The molecule has 3 amide bonds. The molecule has 0 aromatic heterocycles. The molecule has 2 aromatic rings. The summed E-state index contributed by atoms with van der Waals surface area (Å²) < 4.78 is 10.7. The van der Waals surface area contributed by atoms with Crippen molar-refractivity contribution < 1.29 is 24.2 Å². The lowest BCUT2D eigenvalue weighted by molar-refractivity contribution is -0.141. The Bertz CT molecular complexity index is 989. The van der Waals surface area contributed by atoms with Gasteiger partial charge in [0.2, 0.25) is 0 Å². The number of hydrogen-bond donors (Lipinski definition) is 3. The number of nitrogens with zero attached hydrogens (tertiary/aromatic N) is 1. The van der Waals surface area contributed by atoms with E-state index in [-0.39, 0.29) is 17.5 Å². The first-order valence-corrected chi connectivity index (χ1v) is 10.4. The molecule has 0 radical (unpaired) electrons. The molecule has 1 unspecified atom stereocenters. The van der Waals surface area contributed by atoms with E-state index in [4.69, 9.17) is 9.47 Å². The van der Waals surface area contributed by atoms with Crippen LogP contribution in [0.15, 0.2) is 42.5 Å². The maximum Gasteiger partial charge on any atom is 0.329 e. The van der Waals surface area contributed by atoms with Crippen LogP contribution < -0.4 is 25.0 Å². The summed E-state index contributed by atoms with van der Waals surface area (Å²) >= 11 is 0. The number of amides is 3. The first-order chi connectivity index (χ1) is 15.0. The fourth-order valence-electron chi connectivity index (χ4n) is 4.34. The highest BCUT2D eigenvalue weighted by Gasteiger charge is 2.53. The van der Waals surface area contributed by atoms with Gasteiger partial charge in [0, 0.05) is 17.7 Å². The molecule has 2 aromatic carbocycles. The van der Waals surface area contributed by atoms with Gasteiger partial charge >= 0.3 is 6.03 Å². The molecule has 0 bridgehead atoms. The smallest absolute Gasteiger partial charge is 0.329 e. The van der Waals surface area contributed by atoms with Gasteiger partial charge in [0.15, 0.2) is 0 Å². The molecule has 1 aliphatic carbocycles. The summed E-state index contributed by atoms with van der Waals surface area (Å²) in [5.41, 5.74) is -1.33. The molecule has 8 nitrogen and oxygen atoms in total. The monoisotopic (exact) mass is 425 g/mol. The SMILES string of the molecule is COc1ccc(N2C(=O)Nc3ccccc3C2(O)C(=O)NC2CCCCC2)c(OC)c1. The zero-order chi connectivity index (χ0) is 22.0. The van der Waals surface area contributed by atoms with Crippen molar-refractivity contribution in [3.05, 3.63) is 48.0 Å². The number of anilines is 2. The number of urea groups is 1. The van der Waals surface area contributed by atoms with E-state index in [1.807, 2.05) is 0 Å². The largest absolute Gasteiger partial charge is 0.497 e. The number of carbonyl (C=O) groups excluding carboxylic acids is 2. The van der Waals surface area contributed by atoms with Gasteiger partial charge in [0.05, 0.1) is 25.6 Å². The summed E-state index contributed by atoms with van der Waals surface area (Å²) in [6, 6.07) is 10.9. The third-order valence-electron chi connectivity index (χ3n) is 5.96. The molecular formula is C23H27N3O5. The van der Waals surface area contributed by atoms with Gasteiger partial charge in [0.1, 0.15) is 11.5 Å². The average Bonchev–Trinajstić information content (AvgIpc) is 2.79. The number of fused-ring (bicyclic) bond motifs is 1. The van der Waals surface area contributed by atoms with Crippen LogP contribution in [0.1, 0.15) is 37.7 Å². The Morgan fingerprint density at radius 3 is 2.58 bits per heavy atom. The third kappa shape index (κ3) is 3.67. The summed E-state index contributed by atoms with van der Waals surface area (Å²) in [7, 11) is 2.97. The number of hydrogen-bond acceptors (Lipinski definition) is 5. The van der Waals surface area contributed by atoms with Gasteiger partial charge in [-0.05, 0) is 31.0 Å². The molecule has 8 heteroatoms. The molecule has 2 aliphatic rings. The summed E-state index contributed by atoms with van der Waals surface area (Å²) in [5, 5.41) is 17.7. The van der Waals surface area contributed by atoms with Gasteiger partial charge in [-0.25, -0.2) is 9.69 Å². The van der Waals surface area contributed by atoms with Crippen LogP contribution in [0, 0.1) is 0 Å². The number of ether oxygens (including phenoxy) is 2. The quantitative estimate of drug-likeness (QED) is 0.682. The van der Waals surface area contributed by atoms with Crippen LogP contribution in [-0.2, 0) is 10.5 Å². The van der Waals surface area contributed by atoms with Gasteiger partial charge < -0.3 is 25.2 Å². The van der Waals surface area contributed by atoms with E-state index in [1.54, 1.807) is 42.5 Å². The Labute approximate surface area is 181 Å². The normalized spacial score (nSPS) is 21.1. The average molecular weight is 425 g/mol. The predicted octanol–water partition coefficient (Wildman–Crippen LogP) is 3.35. The molecule has 31 heavy (non-hydrogen) atoms. The lowest BCUT2D eigenvalue weighted by Crippen LogP contribution is -2.63. The van der Waals surface area contributed by atoms with Crippen molar-refractivity contribution in [3.8, 4) is 11.5 Å². The molecule has 1 atom stereocenters. The highest BCUT2D eigenvalue weighted by molar-refractivity contribution is 6.12. The number of rotatable bonds is 5. The molecule has 164 valence electrons. The number of carbonyl (C=O) groups is 2. The molecule has 1 saturated carbocycles. The van der Waals surface area contributed by atoms with Gasteiger partial charge in [0.25, 0.3) is 11.6 Å². The van der Waals surface area contributed by atoms with Crippen LogP contribution in [-0.4, -0.2) is 37.3 Å². The number of nitrogens with one attached hydrogen (secondary N) is 2. The van der Waals surface area contributed by atoms with Crippen LogP contribution in [0.2, 0.25) is 0 Å². The molecule has 3 N–H and O–H groups in total. The number of methoxy groups -OCH3 is 2. The molecule has 1 fully saturated rings. The highest BCUT2D eigenvalue weighted by atomic mass is 16.5. The Morgan fingerprint density at radius 1 is 1.13 bits per heavy atom. The van der Waals surface area contributed by atoms with Crippen molar-refractivity contribution in [2.24, 2.45) is 0 Å². The van der Waals surface area contributed by atoms with Gasteiger partial charge in [-0.1, -0.05) is 37.5 Å². The maximum atomic E-state index is 13.6. The summed E-state index contributed by atoms with van der Waals surface area (Å²) in [4.78, 5) is 27.8. The summed E-state index contributed by atoms with van der Waals surface area (Å²) in [6.45, 7) is 0. The van der Waals surface area contributed by atoms with Gasteiger partial charge in [-0.15, -0.1) is 0 Å². The van der Waals surface area contributed by atoms with Crippen molar-refractivity contribution in [2.45, 2.75) is 43.9 Å². The second kappa shape index (κ2) is 8.47. The Morgan fingerprint density at radius 2 is 1.87 bits per heavy atom. The van der Waals surface area contributed by atoms with Crippen molar-refractivity contribution in [3.63, 3.8) is 0 Å². The fourth-order valence-corrected chi connectivity index (χ4v) is 4.34. The topological polar surface area (TPSA) is 100 Å². The van der Waals surface area contributed by atoms with E-state index >= 15 is 0 Å². The van der Waals surface area contributed by atoms with E-state index in [9.17, 15) is 14.7 Å². The number of aliphatic hydroxyl groups is 1.